The zero-order valence-electron chi connectivity index (χ0n) is 17.6. The Morgan fingerprint density at radius 3 is 2.48 bits per heavy atom. The fourth-order valence-corrected chi connectivity index (χ4v) is 4.10. The highest BCUT2D eigenvalue weighted by molar-refractivity contribution is 6.12. The minimum absolute atomic E-state index is 0.113. The molecule has 0 saturated carbocycles. The zero-order chi connectivity index (χ0) is 22.3. The second-order valence-corrected chi connectivity index (χ2v) is 8.19. The molecule has 31 heavy (non-hydrogen) atoms. The lowest BCUT2D eigenvalue weighted by Gasteiger charge is -2.29. The molecule has 8 nitrogen and oxygen atoms in total. The average molecular weight is 420 g/mol. The highest BCUT2D eigenvalue weighted by Gasteiger charge is 2.50. The van der Waals surface area contributed by atoms with Crippen molar-refractivity contribution in [1.82, 2.24) is 10.2 Å². The minimum Gasteiger partial charge on any atom is -0.324 e. The van der Waals surface area contributed by atoms with Crippen LogP contribution in [0.4, 0.5) is 16.2 Å². The molecule has 1 fully saturated rings. The maximum absolute atomic E-state index is 13.3. The molecule has 0 aromatic heterocycles. The number of fused-ring (bicyclic) bond motifs is 1. The minimum atomic E-state index is -1.25. The van der Waals surface area contributed by atoms with E-state index < -0.39 is 36.0 Å². The number of urea groups is 1. The average Bonchev–Trinajstić information content (AvgIpc) is 2.85. The molecule has 2 aliphatic rings. The number of nitrogens with zero attached hydrogens (tertiary/aromatic N) is 2. The van der Waals surface area contributed by atoms with Gasteiger partial charge in [-0.1, -0.05) is 42.0 Å². The Hall–Kier alpha value is -3.68. The van der Waals surface area contributed by atoms with E-state index >= 15 is 0 Å². The molecule has 0 unspecified atom stereocenters. The SMILES string of the molecule is Cc1ccc([C@@]2(C)NC(=O)N(CC(=O)N3c4ccccc4NC(=O)C[C@@H]3C)C2=O)cc1. The highest BCUT2D eigenvalue weighted by atomic mass is 16.2. The van der Waals surface area contributed by atoms with Crippen LogP contribution in [-0.4, -0.2) is 41.2 Å². The van der Waals surface area contributed by atoms with E-state index in [0.29, 0.717) is 16.9 Å². The van der Waals surface area contributed by atoms with Crippen molar-refractivity contribution in [2.75, 3.05) is 16.8 Å². The van der Waals surface area contributed by atoms with Gasteiger partial charge in [-0.05, 0) is 38.5 Å². The van der Waals surface area contributed by atoms with Crippen molar-refractivity contribution in [1.29, 1.82) is 0 Å². The van der Waals surface area contributed by atoms with Gasteiger partial charge in [0.2, 0.25) is 11.8 Å². The van der Waals surface area contributed by atoms with Crippen LogP contribution in [0.25, 0.3) is 0 Å². The van der Waals surface area contributed by atoms with E-state index in [0.717, 1.165) is 10.5 Å². The summed E-state index contributed by atoms with van der Waals surface area (Å²) in [5.41, 5.74) is 1.50. The van der Waals surface area contributed by atoms with Crippen molar-refractivity contribution < 1.29 is 19.2 Å². The van der Waals surface area contributed by atoms with Gasteiger partial charge in [0.1, 0.15) is 12.1 Å². The predicted molar refractivity (Wildman–Crippen MR) is 115 cm³/mol. The van der Waals surface area contributed by atoms with Crippen LogP contribution in [0.3, 0.4) is 0 Å². The first-order valence-electron chi connectivity index (χ1n) is 10.1. The maximum Gasteiger partial charge on any atom is 0.325 e. The summed E-state index contributed by atoms with van der Waals surface area (Å²) in [5.74, 6) is -1.12. The fourth-order valence-electron chi connectivity index (χ4n) is 4.10. The highest BCUT2D eigenvalue weighted by Crippen LogP contribution is 2.33. The molecular formula is C23H24N4O4. The Kier molecular flexibility index (Phi) is 5.00. The summed E-state index contributed by atoms with van der Waals surface area (Å²) >= 11 is 0. The Morgan fingerprint density at radius 2 is 1.77 bits per heavy atom. The number of para-hydroxylation sites is 2. The number of aryl methyl sites for hydroxylation is 1. The van der Waals surface area contributed by atoms with Crippen LogP contribution < -0.4 is 15.5 Å². The van der Waals surface area contributed by atoms with Crippen LogP contribution in [0, 0.1) is 6.92 Å². The molecule has 160 valence electrons. The van der Waals surface area contributed by atoms with E-state index in [4.69, 9.17) is 0 Å². The van der Waals surface area contributed by atoms with Crippen LogP contribution >= 0.6 is 0 Å². The molecule has 2 heterocycles. The van der Waals surface area contributed by atoms with Crippen LogP contribution in [0.2, 0.25) is 0 Å². The summed E-state index contributed by atoms with van der Waals surface area (Å²) in [6.45, 7) is 4.92. The summed E-state index contributed by atoms with van der Waals surface area (Å²) in [4.78, 5) is 53.7. The first-order valence-corrected chi connectivity index (χ1v) is 10.1. The number of hydrogen-bond acceptors (Lipinski definition) is 4. The molecule has 4 rings (SSSR count). The van der Waals surface area contributed by atoms with Crippen LogP contribution in [0.5, 0.6) is 0 Å². The van der Waals surface area contributed by atoms with E-state index in [1.165, 1.54) is 4.90 Å². The maximum atomic E-state index is 13.3. The van der Waals surface area contributed by atoms with Crippen molar-refractivity contribution in [3.63, 3.8) is 0 Å². The Bertz CT molecular complexity index is 1080. The van der Waals surface area contributed by atoms with Crippen LogP contribution in [-0.2, 0) is 19.9 Å². The molecule has 2 atom stereocenters. The number of benzene rings is 2. The van der Waals surface area contributed by atoms with Gasteiger partial charge in [-0.15, -0.1) is 0 Å². The molecule has 0 bridgehead atoms. The second kappa shape index (κ2) is 7.54. The molecule has 8 heteroatoms. The van der Waals surface area contributed by atoms with Crippen molar-refractivity contribution in [2.45, 2.75) is 38.8 Å². The van der Waals surface area contributed by atoms with Gasteiger partial charge in [-0.3, -0.25) is 19.3 Å². The number of nitrogens with one attached hydrogen (secondary N) is 2. The number of hydrogen-bond donors (Lipinski definition) is 2. The van der Waals surface area contributed by atoms with Gasteiger partial charge in [0.25, 0.3) is 5.91 Å². The van der Waals surface area contributed by atoms with E-state index in [1.54, 1.807) is 50.2 Å². The molecule has 2 aromatic carbocycles. The second-order valence-electron chi connectivity index (χ2n) is 8.19. The van der Waals surface area contributed by atoms with Crippen molar-refractivity contribution in [3.8, 4) is 0 Å². The lowest BCUT2D eigenvalue weighted by atomic mass is 9.91. The summed E-state index contributed by atoms with van der Waals surface area (Å²) < 4.78 is 0. The molecule has 0 spiro atoms. The zero-order valence-corrected chi connectivity index (χ0v) is 17.6. The van der Waals surface area contributed by atoms with Gasteiger partial charge in [0, 0.05) is 12.5 Å². The molecule has 0 radical (unpaired) electrons. The van der Waals surface area contributed by atoms with Crippen molar-refractivity contribution >= 4 is 35.1 Å². The Balaban J connectivity index is 1.61. The standard InChI is InChI=1S/C23H24N4O4/c1-14-8-10-16(11-9-14)23(3)21(30)26(22(31)25-23)13-20(29)27-15(2)12-19(28)24-17-6-4-5-7-18(17)27/h4-11,15H,12-13H2,1-3H3,(H,24,28)(H,25,31)/t15-,23+/m0/s1. The molecule has 2 aliphatic heterocycles. The van der Waals surface area contributed by atoms with Gasteiger partial charge in [0.05, 0.1) is 11.4 Å². The van der Waals surface area contributed by atoms with Crippen molar-refractivity contribution in [2.24, 2.45) is 0 Å². The Labute approximate surface area is 180 Å². The summed E-state index contributed by atoms with van der Waals surface area (Å²) in [5, 5.41) is 5.52. The van der Waals surface area contributed by atoms with Crippen LogP contribution in [0.15, 0.2) is 48.5 Å². The van der Waals surface area contributed by atoms with Gasteiger partial charge in [-0.2, -0.15) is 0 Å². The van der Waals surface area contributed by atoms with E-state index in [2.05, 4.69) is 10.6 Å². The predicted octanol–water partition coefficient (Wildman–Crippen LogP) is 2.53. The Morgan fingerprint density at radius 1 is 1.10 bits per heavy atom. The lowest BCUT2D eigenvalue weighted by Crippen LogP contribution is -2.47. The number of anilines is 2. The van der Waals surface area contributed by atoms with Gasteiger partial charge < -0.3 is 15.5 Å². The normalized spacial score (nSPS) is 23.2. The van der Waals surface area contributed by atoms with E-state index in [1.807, 2.05) is 19.1 Å². The number of carbonyl (C=O) groups excluding carboxylic acids is 4. The fraction of sp³-hybridized carbons (Fsp3) is 0.304. The first-order chi connectivity index (χ1) is 14.7. The quantitative estimate of drug-likeness (QED) is 0.746. The summed E-state index contributed by atoms with van der Waals surface area (Å²) in [7, 11) is 0. The third-order valence-corrected chi connectivity index (χ3v) is 5.83. The smallest absolute Gasteiger partial charge is 0.324 e. The largest absolute Gasteiger partial charge is 0.325 e. The van der Waals surface area contributed by atoms with Crippen molar-refractivity contribution in [3.05, 3.63) is 59.7 Å². The van der Waals surface area contributed by atoms with Gasteiger partial charge in [0.15, 0.2) is 0 Å². The third kappa shape index (κ3) is 3.54. The number of carbonyl (C=O) groups is 4. The number of amides is 5. The van der Waals surface area contributed by atoms with E-state index in [-0.39, 0.29) is 12.3 Å². The molecule has 0 aliphatic carbocycles. The van der Waals surface area contributed by atoms with Crippen LogP contribution in [0.1, 0.15) is 31.4 Å². The summed E-state index contributed by atoms with van der Waals surface area (Å²) in [6, 6.07) is 13.3. The van der Waals surface area contributed by atoms with E-state index in [9.17, 15) is 19.2 Å². The topological polar surface area (TPSA) is 98.8 Å². The number of imide groups is 1. The first kappa shape index (κ1) is 20.6. The molecule has 1 saturated heterocycles. The lowest BCUT2D eigenvalue weighted by molar-refractivity contribution is -0.134. The third-order valence-electron chi connectivity index (χ3n) is 5.83. The molecule has 2 N–H and O–H groups in total. The summed E-state index contributed by atoms with van der Waals surface area (Å²) in [6.07, 6.45) is 0.113. The molecule has 5 amide bonds. The molecule has 2 aromatic rings. The number of rotatable bonds is 3. The monoisotopic (exact) mass is 420 g/mol. The molecular weight excluding hydrogens is 396 g/mol. The van der Waals surface area contributed by atoms with Gasteiger partial charge >= 0.3 is 6.03 Å². The van der Waals surface area contributed by atoms with Gasteiger partial charge in [-0.25, -0.2) is 4.79 Å².